The normalized spacial score (nSPS) is 16.6. The number of nitrogens with zero attached hydrogens (tertiary/aromatic N) is 4. The number of aryl methyl sites for hydroxylation is 1. The van der Waals surface area contributed by atoms with E-state index in [1.54, 1.807) is 0 Å². The molecule has 150 valence electrons. The Morgan fingerprint density at radius 3 is 2.70 bits per heavy atom. The Morgan fingerprint density at radius 1 is 1.33 bits per heavy atom. The summed E-state index contributed by atoms with van der Waals surface area (Å²) >= 11 is 1.82. The summed E-state index contributed by atoms with van der Waals surface area (Å²) in [4.78, 5) is 10.5. The van der Waals surface area contributed by atoms with Crippen LogP contribution in [0, 0.1) is 0 Å². The molecule has 0 bridgehead atoms. The van der Waals surface area contributed by atoms with Gasteiger partial charge in [0.1, 0.15) is 0 Å². The summed E-state index contributed by atoms with van der Waals surface area (Å²) in [6.45, 7) is 5.23. The smallest absolute Gasteiger partial charge is 0.193 e. The molecular formula is C19H30IN5OS. The Balaban J connectivity index is 0.00000261. The van der Waals surface area contributed by atoms with Crippen LogP contribution >= 0.6 is 35.3 Å². The zero-order chi connectivity index (χ0) is 18.4. The maximum absolute atomic E-state index is 5.53. The molecule has 2 aromatic rings. The summed E-state index contributed by atoms with van der Waals surface area (Å²) in [6, 6.07) is 8.92. The van der Waals surface area contributed by atoms with Crippen LogP contribution in [-0.2, 0) is 18.3 Å². The van der Waals surface area contributed by atoms with Gasteiger partial charge in [0, 0.05) is 57.5 Å². The summed E-state index contributed by atoms with van der Waals surface area (Å²) in [6.07, 6.45) is 2.07. The van der Waals surface area contributed by atoms with Gasteiger partial charge in [0.25, 0.3) is 0 Å². The van der Waals surface area contributed by atoms with Crippen LogP contribution in [0.4, 0.5) is 0 Å². The fourth-order valence-corrected chi connectivity index (χ4v) is 4.19. The molecule has 1 unspecified atom stereocenters. The summed E-state index contributed by atoms with van der Waals surface area (Å²) in [5.74, 6) is 0.918. The topological polar surface area (TPSA) is 45.0 Å². The van der Waals surface area contributed by atoms with Crippen molar-refractivity contribution in [2.75, 3.05) is 46.9 Å². The lowest BCUT2D eigenvalue weighted by molar-refractivity contribution is 0.0176. The van der Waals surface area contributed by atoms with Crippen molar-refractivity contribution in [3.63, 3.8) is 0 Å². The van der Waals surface area contributed by atoms with Gasteiger partial charge in [-0.1, -0.05) is 6.07 Å². The van der Waals surface area contributed by atoms with Crippen LogP contribution in [-0.4, -0.2) is 67.3 Å². The van der Waals surface area contributed by atoms with E-state index < -0.39 is 0 Å². The molecule has 1 aliphatic heterocycles. The average Bonchev–Trinajstić information content (AvgIpc) is 3.32. The first-order valence-corrected chi connectivity index (χ1v) is 9.94. The largest absolute Gasteiger partial charge is 0.379 e. The molecule has 1 N–H and O–H groups in total. The van der Waals surface area contributed by atoms with Crippen LogP contribution in [0.2, 0.25) is 0 Å². The van der Waals surface area contributed by atoms with E-state index in [-0.39, 0.29) is 24.0 Å². The lowest BCUT2D eigenvalue weighted by atomic mass is 10.2. The molecule has 6 nitrogen and oxygen atoms in total. The van der Waals surface area contributed by atoms with Gasteiger partial charge in [-0.25, -0.2) is 0 Å². The molecule has 3 heterocycles. The average molecular weight is 503 g/mol. The maximum Gasteiger partial charge on any atom is 0.193 e. The number of guanidine groups is 1. The molecule has 0 aromatic carbocycles. The van der Waals surface area contributed by atoms with Gasteiger partial charge >= 0.3 is 0 Å². The molecular weight excluding hydrogens is 473 g/mol. The van der Waals surface area contributed by atoms with Crippen molar-refractivity contribution in [3.05, 3.63) is 46.4 Å². The molecule has 0 aliphatic carbocycles. The molecule has 2 aromatic heterocycles. The highest BCUT2D eigenvalue weighted by Gasteiger charge is 2.24. The number of hydrogen-bond acceptors (Lipinski definition) is 4. The molecule has 1 saturated heterocycles. The quantitative estimate of drug-likeness (QED) is 0.374. The lowest BCUT2D eigenvalue weighted by Crippen LogP contribution is -2.46. The second-order valence-corrected chi connectivity index (χ2v) is 7.55. The van der Waals surface area contributed by atoms with Crippen molar-refractivity contribution >= 4 is 41.3 Å². The number of morpholine rings is 1. The Hall–Kier alpha value is -1.10. The van der Waals surface area contributed by atoms with E-state index >= 15 is 0 Å². The number of hydrogen-bond donors (Lipinski definition) is 1. The highest BCUT2D eigenvalue weighted by molar-refractivity contribution is 14.0. The van der Waals surface area contributed by atoms with E-state index in [0.717, 1.165) is 45.4 Å². The van der Waals surface area contributed by atoms with Gasteiger partial charge < -0.3 is 19.5 Å². The van der Waals surface area contributed by atoms with E-state index in [1.165, 1.54) is 10.6 Å². The first kappa shape index (κ1) is 22.2. The molecule has 3 rings (SSSR count). The highest BCUT2D eigenvalue weighted by Crippen LogP contribution is 2.25. The molecule has 0 radical (unpaired) electrons. The number of aromatic nitrogens is 1. The fraction of sp³-hybridized carbons (Fsp3) is 0.526. The third-order valence-corrected chi connectivity index (χ3v) is 5.81. The summed E-state index contributed by atoms with van der Waals surface area (Å²) in [7, 11) is 6.00. The molecule has 1 aliphatic rings. The van der Waals surface area contributed by atoms with Gasteiger partial charge in [0.05, 0.1) is 25.8 Å². The van der Waals surface area contributed by atoms with Crippen LogP contribution in [0.3, 0.4) is 0 Å². The van der Waals surface area contributed by atoms with Crippen LogP contribution in [0.25, 0.3) is 0 Å². The first-order valence-electron chi connectivity index (χ1n) is 9.06. The second kappa shape index (κ2) is 11.0. The van der Waals surface area contributed by atoms with Crippen LogP contribution in [0.1, 0.15) is 16.6 Å². The fourth-order valence-electron chi connectivity index (χ4n) is 3.33. The number of thiophene rings is 1. The van der Waals surface area contributed by atoms with Gasteiger partial charge in [-0.05, 0) is 23.6 Å². The maximum atomic E-state index is 5.53. The Morgan fingerprint density at radius 2 is 2.11 bits per heavy atom. The van der Waals surface area contributed by atoms with E-state index in [2.05, 4.69) is 74.6 Å². The third-order valence-electron chi connectivity index (χ3n) is 4.84. The Kier molecular flexibility index (Phi) is 9.07. The van der Waals surface area contributed by atoms with Crippen molar-refractivity contribution in [2.45, 2.75) is 12.6 Å². The Bertz CT molecular complexity index is 697. The van der Waals surface area contributed by atoms with E-state index in [9.17, 15) is 0 Å². The predicted molar refractivity (Wildman–Crippen MR) is 123 cm³/mol. The molecule has 1 atom stereocenters. The van der Waals surface area contributed by atoms with Gasteiger partial charge in [-0.2, -0.15) is 0 Å². The molecule has 1 fully saturated rings. The number of rotatable bonds is 6. The van der Waals surface area contributed by atoms with Gasteiger partial charge in [0.2, 0.25) is 0 Å². The molecule has 0 amide bonds. The molecule has 0 saturated carbocycles. The van der Waals surface area contributed by atoms with Crippen molar-refractivity contribution in [2.24, 2.45) is 12.0 Å². The first-order chi connectivity index (χ1) is 12.7. The summed E-state index contributed by atoms with van der Waals surface area (Å²) in [5.41, 5.74) is 1.26. The zero-order valence-corrected chi connectivity index (χ0v) is 19.4. The number of halogens is 1. The van der Waals surface area contributed by atoms with Crippen molar-refractivity contribution in [1.29, 1.82) is 0 Å². The second-order valence-electron chi connectivity index (χ2n) is 6.57. The monoisotopic (exact) mass is 503 g/mol. The molecule has 27 heavy (non-hydrogen) atoms. The predicted octanol–water partition coefficient (Wildman–Crippen LogP) is 2.79. The molecule has 8 heteroatoms. The third kappa shape index (κ3) is 5.94. The summed E-state index contributed by atoms with van der Waals surface area (Å²) in [5, 5.41) is 5.73. The van der Waals surface area contributed by atoms with Crippen LogP contribution in [0.5, 0.6) is 0 Å². The highest BCUT2D eigenvalue weighted by atomic mass is 127. The van der Waals surface area contributed by atoms with E-state index in [1.807, 2.05) is 18.4 Å². The molecule has 0 spiro atoms. The number of aliphatic imine (C=N–C) groups is 1. The number of nitrogens with one attached hydrogen (secondary N) is 1. The summed E-state index contributed by atoms with van der Waals surface area (Å²) < 4.78 is 7.67. The minimum atomic E-state index is 0. The Labute approximate surface area is 183 Å². The van der Waals surface area contributed by atoms with Crippen LogP contribution in [0.15, 0.2) is 40.8 Å². The van der Waals surface area contributed by atoms with E-state index in [0.29, 0.717) is 6.04 Å². The minimum absolute atomic E-state index is 0. The number of ether oxygens (including phenoxy) is 1. The van der Waals surface area contributed by atoms with Crippen LogP contribution < -0.4 is 5.32 Å². The SMILES string of the molecule is CN=C(NCC(c1cccs1)N1CCOCC1)N(C)Cc1cccn1C.I. The van der Waals surface area contributed by atoms with Gasteiger partial charge in [0.15, 0.2) is 5.96 Å². The lowest BCUT2D eigenvalue weighted by Gasteiger charge is -2.35. The van der Waals surface area contributed by atoms with Gasteiger partial charge in [-0.3, -0.25) is 9.89 Å². The van der Waals surface area contributed by atoms with Crippen molar-refractivity contribution < 1.29 is 4.74 Å². The van der Waals surface area contributed by atoms with E-state index in [4.69, 9.17) is 4.74 Å². The zero-order valence-electron chi connectivity index (χ0n) is 16.3. The standard InChI is InChI=1S/C19H29N5OS.HI/c1-20-19(23(3)15-16-6-4-8-22(16)2)21-14-17(18-7-5-13-26-18)24-9-11-25-12-10-24;/h4-8,13,17H,9-12,14-15H2,1-3H3,(H,20,21);1H. The minimum Gasteiger partial charge on any atom is -0.379 e. The van der Waals surface area contributed by atoms with Crippen molar-refractivity contribution in [1.82, 2.24) is 19.7 Å². The van der Waals surface area contributed by atoms with Gasteiger partial charge in [-0.15, -0.1) is 35.3 Å². The van der Waals surface area contributed by atoms with Crippen molar-refractivity contribution in [3.8, 4) is 0 Å².